The van der Waals surface area contributed by atoms with Crippen molar-refractivity contribution in [1.82, 2.24) is 10.3 Å². The predicted molar refractivity (Wildman–Crippen MR) is 80.5 cm³/mol. The second-order valence-electron chi connectivity index (χ2n) is 4.40. The highest BCUT2D eigenvalue weighted by Crippen LogP contribution is 2.20. The van der Waals surface area contributed by atoms with E-state index in [1.54, 1.807) is 24.3 Å². The standard InChI is InChI=1S/C15H13ClN2O3/c1-2-5-12(15(20)21)18-14(19)10-8-13(16)17-11-7-4-3-6-9(10)11/h2-4,6-8,12H,1,5H2,(H,18,19)(H,20,21). The number of nitrogens with one attached hydrogen (secondary N) is 1. The number of carbonyl (C=O) groups excluding carboxylic acids is 1. The zero-order chi connectivity index (χ0) is 15.4. The molecule has 0 radical (unpaired) electrons. The summed E-state index contributed by atoms with van der Waals surface area (Å²) in [5.74, 6) is -1.63. The van der Waals surface area contributed by atoms with E-state index in [0.29, 0.717) is 16.5 Å². The number of hydrogen-bond acceptors (Lipinski definition) is 3. The lowest BCUT2D eigenvalue weighted by atomic mass is 10.1. The van der Waals surface area contributed by atoms with Crippen molar-refractivity contribution in [2.75, 3.05) is 0 Å². The van der Waals surface area contributed by atoms with E-state index in [-0.39, 0.29) is 11.6 Å². The molecule has 0 aliphatic carbocycles. The average Bonchev–Trinajstić information content (AvgIpc) is 2.45. The van der Waals surface area contributed by atoms with Crippen LogP contribution in [0.4, 0.5) is 0 Å². The summed E-state index contributed by atoms with van der Waals surface area (Å²) in [5.41, 5.74) is 0.867. The number of fused-ring (bicyclic) bond motifs is 1. The third-order valence-electron chi connectivity index (χ3n) is 2.94. The summed E-state index contributed by atoms with van der Waals surface area (Å²) in [6.45, 7) is 3.48. The maximum atomic E-state index is 12.3. The summed E-state index contributed by atoms with van der Waals surface area (Å²) in [6.07, 6.45) is 1.58. The molecule has 2 rings (SSSR count). The summed E-state index contributed by atoms with van der Waals surface area (Å²) < 4.78 is 0. The van der Waals surface area contributed by atoms with E-state index in [4.69, 9.17) is 16.7 Å². The van der Waals surface area contributed by atoms with Crippen LogP contribution in [0.15, 0.2) is 43.0 Å². The Labute approximate surface area is 126 Å². The fourth-order valence-electron chi connectivity index (χ4n) is 1.96. The highest BCUT2D eigenvalue weighted by molar-refractivity contribution is 6.30. The highest BCUT2D eigenvalue weighted by atomic mass is 35.5. The van der Waals surface area contributed by atoms with Crippen LogP contribution in [0.25, 0.3) is 10.9 Å². The number of para-hydroxylation sites is 1. The van der Waals surface area contributed by atoms with Gasteiger partial charge in [0.2, 0.25) is 0 Å². The van der Waals surface area contributed by atoms with Gasteiger partial charge in [-0.25, -0.2) is 9.78 Å². The number of carbonyl (C=O) groups is 2. The first kappa shape index (κ1) is 15.0. The Morgan fingerprint density at radius 1 is 1.43 bits per heavy atom. The topological polar surface area (TPSA) is 79.3 Å². The Morgan fingerprint density at radius 2 is 2.14 bits per heavy atom. The second-order valence-corrected chi connectivity index (χ2v) is 4.79. The van der Waals surface area contributed by atoms with Crippen molar-refractivity contribution in [1.29, 1.82) is 0 Å². The van der Waals surface area contributed by atoms with Crippen LogP contribution < -0.4 is 5.32 Å². The molecule has 1 unspecified atom stereocenters. The first-order chi connectivity index (χ1) is 10.0. The lowest BCUT2D eigenvalue weighted by Crippen LogP contribution is -2.40. The van der Waals surface area contributed by atoms with Gasteiger partial charge in [-0.2, -0.15) is 0 Å². The zero-order valence-electron chi connectivity index (χ0n) is 11.0. The molecule has 2 N–H and O–H groups in total. The van der Waals surface area contributed by atoms with E-state index < -0.39 is 17.9 Å². The molecule has 21 heavy (non-hydrogen) atoms. The number of pyridine rings is 1. The molecular weight excluding hydrogens is 292 g/mol. The van der Waals surface area contributed by atoms with Crippen LogP contribution in [0, 0.1) is 0 Å². The van der Waals surface area contributed by atoms with E-state index in [1.807, 2.05) is 0 Å². The number of halogens is 1. The molecule has 1 heterocycles. The minimum atomic E-state index is -1.12. The van der Waals surface area contributed by atoms with Gasteiger partial charge in [0.15, 0.2) is 0 Å². The van der Waals surface area contributed by atoms with Crippen LogP contribution in [0.1, 0.15) is 16.8 Å². The Balaban J connectivity index is 2.39. The minimum Gasteiger partial charge on any atom is -0.480 e. The number of aliphatic carboxylic acids is 1. The molecule has 0 aliphatic rings. The quantitative estimate of drug-likeness (QED) is 0.657. The second kappa shape index (κ2) is 6.37. The molecule has 0 bridgehead atoms. The van der Waals surface area contributed by atoms with Crippen molar-refractivity contribution < 1.29 is 14.7 Å². The Kier molecular flexibility index (Phi) is 4.55. The van der Waals surface area contributed by atoms with Gasteiger partial charge in [-0.3, -0.25) is 4.79 Å². The molecule has 0 saturated carbocycles. The van der Waals surface area contributed by atoms with Crippen LogP contribution >= 0.6 is 11.6 Å². The van der Waals surface area contributed by atoms with Crippen LogP contribution in [0.5, 0.6) is 0 Å². The van der Waals surface area contributed by atoms with Gasteiger partial charge in [-0.1, -0.05) is 35.9 Å². The number of rotatable bonds is 5. The Bertz CT molecular complexity index is 715. The average molecular weight is 305 g/mol. The molecular formula is C15H13ClN2O3. The number of nitrogens with zero attached hydrogens (tertiary/aromatic N) is 1. The SMILES string of the molecule is C=CCC(NC(=O)c1cc(Cl)nc2ccccc12)C(=O)O. The lowest BCUT2D eigenvalue weighted by Gasteiger charge is -2.13. The summed E-state index contributed by atoms with van der Waals surface area (Å²) in [4.78, 5) is 27.5. The van der Waals surface area contributed by atoms with E-state index in [9.17, 15) is 9.59 Å². The summed E-state index contributed by atoms with van der Waals surface area (Å²) >= 11 is 5.90. The molecule has 0 spiro atoms. The maximum Gasteiger partial charge on any atom is 0.326 e. The van der Waals surface area contributed by atoms with Crippen LogP contribution in [0.2, 0.25) is 5.15 Å². The molecule has 1 amide bonds. The van der Waals surface area contributed by atoms with Crippen LogP contribution in [-0.4, -0.2) is 28.0 Å². The van der Waals surface area contributed by atoms with Gasteiger partial charge in [-0.15, -0.1) is 6.58 Å². The lowest BCUT2D eigenvalue weighted by molar-refractivity contribution is -0.139. The summed E-state index contributed by atoms with van der Waals surface area (Å²) in [5, 5.41) is 12.3. The smallest absolute Gasteiger partial charge is 0.326 e. The summed E-state index contributed by atoms with van der Waals surface area (Å²) in [7, 11) is 0. The largest absolute Gasteiger partial charge is 0.480 e. The van der Waals surface area contributed by atoms with Gasteiger partial charge >= 0.3 is 5.97 Å². The van der Waals surface area contributed by atoms with Gasteiger partial charge in [0.05, 0.1) is 11.1 Å². The molecule has 6 heteroatoms. The third kappa shape index (κ3) is 3.38. The molecule has 0 aliphatic heterocycles. The molecule has 108 valence electrons. The fourth-order valence-corrected chi connectivity index (χ4v) is 2.16. The Morgan fingerprint density at radius 3 is 2.81 bits per heavy atom. The van der Waals surface area contributed by atoms with E-state index in [0.717, 1.165) is 0 Å². The molecule has 0 saturated heterocycles. The third-order valence-corrected chi connectivity index (χ3v) is 3.13. The van der Waals surface area contributed by atoms with Gasteiger partial charge in [0.1, 0.15) is 11.2 Å². The number of amides is 1. The van der Waals surface area contributed by atoms with E-state index in [1.165, 1.54) is 12.1 Å². The maximum absolute atomic E-state index is 12.3. The number of benzene rings is 1. The van der Waals surface area contributed by atoms with Gasteiger partial charge in [-0.05, 0) is 18.6 Å². The monoisotopic (exact) mass is 304 g/mol. The first-order valence-corrected chi connectivity index (χ1v) is 6.60. The molecule has 1 atom stereocenters. The number of hydrogen-bond donors (Lipinski definition) is 2. The van der Waals surface area contributed by atoms with E-state index in [2.05, 4.69) is 16.9 Å². The number of carboxylic acids is 1. The first-order valence-electron chi connectivity index (χ1n) is 6.22. The highest BCUT2D eigenvalue weighted by Gasteiger charge is 2.20. The van der Waals surface area contributed by atoms with Gasteiger partial charge < -0.3 is 10.4 Å². The number of aromatic nitrogens is 1. The Hall–Kier alpha value is -2.40. The molecule has 5 nitrogen and oxygen atoms in total. The van der Waals surface area contributed by atoms with Crippen LogP contribution in [-0.2, 0) is 4.79 Å². The van der Waals surface area contributed by atoms with Crippen LogP contribution in [0.3, 0.4) is 0 Å². The zero-order valence-corrected chi connectivity index (χ0v) is 11.8. The molecule has 0 fully saturated rings. The normalized spacial score (nSPS) is 11.9. The van der Waals surface area contributed by atoms with Crippen molar-refractivity contribution in [3.63, 3.8) is 0 Å². The minimum absolute atomic E-state index is 0.137. The number of carboxylic acid groups (broad SMARTS) is 1. The molecule has 1 aromatic carbocycles. The van der Waals surface area contributed by atoms with Crippen molar-refractivity contribution in [3.05, 3.63) is 53.7 Å². The van der Waals surface area contributed by atoms with Gasteiger partial charge in [0, 0.05) is 5.39 Å². The predicted octanol–water partition coefficient (Wildman–Crippen LogP) is 2.65. The van der Waals surface area contributed by atoms with Crippen molar-refractivity contribution >= 4 is 34.4 Å². The van der Waals surface area contributed by atoms with Crippen molar-refractivity contribution in [3.8, 4) is 0 Å². The van der Waals surface area contributed by atoms with Crippen molar-refractivity contribution in [2.24, 2.45) is 0 Å². The summed E-state index contributed by atoms with van der Waals surface area (Å²) in [6, 6.07) is 7.41. The van der Waals surface area contributed by atoms with E-state index >= 15 is 0 Å². The molecule has 2 aromatic rings. The van der Waals surface area contributed by atoms with Gasteiger partial charge in [0.25, 0.3) is 5.91 Å². The molecule has 1 aromatic heterocycles. The fraction of sp³-hybridized carbons (Fsp3) is 0.133. The van der Waals surface area contributed by atoms with Crippen molar-refractivity contribution in [2.45, 2.75) is 12.5 Å².